The van der Waals surface area contributed by atoms with Crippen molar-refractivity contribution in [2.75, 3.05) is 19.4 Å². The fourth-order valence-corrected chi connectivity index (χ4v) is 2.68. The highest BCUT2D eigenvalue weighted by atomic mass is 16.2. The number of para-hydroxylation sites is 1. The van der Waals surface area contributed by atoms with Crippen LogP contribution in [0.1, 0.15) is 20.7 Å². The Kier molecular flexibility index (Phi) is 4.08. The predicted molar refractivity (Wildman–Crippen MR) is 95.3 cm³/mol. The van der Waals surface area contributed by atoms with E-state index in [1.54, 1.807) is 38.4 Å². The maximum Gasteiger partial charge on any atom is 0.257 e. The first-order valence-corrected chi connectivity index (χ1v) is 7.64. The Labute approximate surface area is 140 Å². The zero-order valence-corrected chi connectivity index (χ0v) is 13.9. The second-order valence-corrected chi connectivity index (χ2v) is 5.90. The lowest BCUT2D eigenvalue weighted by molar-refractivity contribution is 0.0827. The number of rotatable bonds is 3. The van der Waals surface area contributed by atoms with Gasteiger partial charge in [-0.2, -0.15) is 0 Å². The summed E-state index contributed by atoms with van der Waals surface area (Å²) in [7, 11) is 5.33. The Bertz CT molecular complexity index is 908. The van der Waals surface area contributed by atoms with Gasteiger partial charge in [0.15, 0.2) is 0 Å². The molecule has 0 aliphatic carbocycles. The number of nitrogens with one attached hydrogen (secondary N) is 1. The van der Waals surface area contributed by atoms with Crippen molar-refractivity contribution in [3.8, 4) is 0 Å². The molecule has 0 saturated carbocycles. The smallest absolute Gasteiger partial charge is 0.257 e. The number of benzene rings is 2. The highest BCUT2D eigenvalue weighted by Gasteiger charge is 2.14. The summed E-state index contributed by atoms with van der Waals surface area (Å²) in [5.74, 6) is -0.236. The third-order valence-corrected chi connectivity index (χ3v) is 3.94. The highest BCUT2D eigenvalue weighted by Crippen LogP contribution is 2.21. The van der Waals surface area contributed by atoms with E-state index in [0.29, 0.717) is 16.8 Å². The maximum absolute atomic E-state index is 12.6. The lowest BCUT2D eigenvalue weighted by atomic mass is 10.1. The molecule has 0 bridgehead atoms. The fourth-order valence-electron chi connectivity index (χ4n) is 2.68. The SMILES string of the molecule is CN(C)C(=O)c1ccc(NC(=O)c2cn(C)c3ccccc23)cc1. The number of aryl methyl sites for hydroxylation is 1. The topological polar surface area (TPSA) is 54.3 Å². The second kappa shape index (κ2) is 6.20. The number of carbonyl (C=O) groups is 2. The monoisotopic (exact) mass is 321 g/mol. The van der Waals surface area contributed by atoms with Crippen LogP contribution in [0.4, 0.5) is 5.69 Å². The zero-order valence-electron chi connectivity index (χ0n) is 13.9. The molecular formula is C19H19N3O2. The van der Waals surface area contributed by atoms with Gasteiger partial charge >= 0.3 is 0 Å². The van der Waals surface area contributed by atoms with Crippen molar-refractivity contribution in [3.05, 3.63) is 65.9 Å². The molecule has 1 aromatic heterocycles. The number of amides is 2. The molecule has 0 aliphatic heterocycles. The Morgan fingerprint density at radius 3 is 2.33 bits per heavy atom. The second-order valence-electron chi connectivity index (χ2n) is 5.90. The molecule has 24 heavy (non-hydrogen) atoms. The number of nitrogens with zero attached hydrogens (tertiary/aromatic N) is 2. The van der Waals surface area contributed by atoms with Crippen LogP contribution in [0.15, 0.2) is 54.7 Å². The molecule has 0 unspecified atom stereocenters. The van der Waals surface area contributed by atoms with Crippen LogP contribution in [-0.2, 0) is 7.05 Å². The predicted octanol–water partition coefficient (Wildman–Crippen LogP) is 3.13. The van der Waals surface area contributed by atoms with Crippen LogP contribution in [0.2, 0.25) is 0 Å². The molecule has 122 valence electrons. The van der Waals surface area contributed by atoms with Crippen LogP contribution in [0, 0.1) is 0 Å². The van der Waals surface area contributed by atoms with Crippen molar-refractivity contribution in [1.29, 1.82) is 0 Å². The van der Waals surface area contributed by atoms with Crippen LogP contribution in [-0.4, -0.2) is 35.4 Å². The van der Waals surface area contributed by atoms with Gasteiger partial charge in [0.25, 0.3) is 11.8 Å². The summed E-state index contributed by atoms with van der Waals surface area (Å²) in [5, 5.41) is 3.80. The molecule has 0 atom stereocenters. The summed E-state index contributed by atoms with van der Waals surface area (Å²) in [4.78, 5) is 26.0. The molecule has 5 nitrogen and oxygen atoms in total. The number of hydrogen-bond donors (Lipinski definition) is 1. The standard InChI is InChI=1S/C19H19N3O2/c1-21(2)19(24)13-8-10-14(11-9-13)20-18(23)16-12-22(3)17-7-5-4-6-15(16)17/h4-12H,1-3H3,(H,20,23). The average Bonchev–Trinajstić information content (AvgIpc) is 2.92. The summed E-state index contributed by atoms with van der Waals surface area (Å²) >= 11 is 0. The van der Waals surface area contributed by atoms with Gasteiger partial charge in [0.2, 0.25) is 0 Å². The Hall–Kier alpha value is -3.08. The molecule has 5 heteroatoms. The molecule has 2 aromatic carbocycles. The number of hydrogen-bond acceptors (Lipinski definition) is 2. The molecule has 0 saturated heterocycles. The largest absolute Gasteiger partial charge is 0.350 e. The minimum Gasteiger partial charge on any atom is -0.350 e. The van der Waals surface area contributed by atoms with E-state index in [1.807, 2.05) is 42.1 Å². The van der Waals surface area contributed by atoms with Crippen molar-refractivity contribution >= 4 is 28.4 Å². The summed E-state index contributed by atoms with van der Waals surface area (Å²) in [6.07, 6.45) is 1.82. The van der Waals surface area contributed by atoms with E-state index >= 15 is 0 Å². The van der Waals surface area contributed by atoms with Gasteiger partial charge in [0, 0.05) is 49.5 Å². The molecule has 1 N–H and O–H groups in total. The first-order valence-electron chi connectivity index (χ1n) is 7.64. The molecule has 0 fully saturated rings. The van der Waals surface area contributed by atoms with E-state index < -0.39 is 0 Å². The van der Waals surface area contributed by atoms with Crippen LogP contribution in [0.5, 0.6) is 0 Å². The van der Waals surface area contributed by atoms with Crippen molar-refractivity contribution < 1.29 is 9.59 Å². The van der Waals surface area contributed by atoms with E-state index in [9.17, 15) is 9.59 Å². The number of aromatic nitrogens is 1. The number of carbonyl (C=O) groups excluding carboxylic acids is 2. The highest BCUT2D eigenvalue weighted by molar-refractivity contribution is 6.13. The third-order valence-electron chi connectivity index (χ3n) is 3.94. The lowest BCUT2D eigenvalue weighted by Gasteiger charge is -2.11. The first kappa shape index (κ1) is 15.8. The van der Waals surface area contributed by atoms with E-state index in [0.717, 1.165) is 10.9 Å². The van der Waals surface area contributed by atoms with Gasteiger partial charge in [-0.3, -0.25) is 9.59 Å². The van der Waals surface area contributed by atoms with Crippen molar-refractivity contribution in [1.82, 2.24) is 9.47 Å². The lowest BCUT2D eigenvalue weighted by Crippen LogP contribution is -2.21. The van der Waals surface area contributed by atoms with E-state index in [2.05, 4.69) is 5.32 Å². The molecule has 3 aromatic rings. The van der Waals surface area contributed by atoms with Crippen molar-refractivity contribution in [2.24, 2.45) is 7.05 Å². The van der Waals surface area contributed by atoms with Gasteiger partial charge < -0.3 is 14.8 Å². The van der Waals surface area contributed by atoms with Crippen LogP contribution in [0.3, 0.4) is 0 Å². The molecular weight excluding hydrogens is 302 g/mol. The number of fused-ring (bicyclic) bond motifs is 1. The molecule has 1 heterocycles. The van der Waals surface area contributed by atoms with Gasteiger partial charge in [-0.15, -0.1) is 0 Å². The van der Waals surface area contributed by atoms with Gasteiger partial charge in [-0.25, -0.2) is 0 Å². The minimum atomic E-state index is -0.168. The maximum atomic E-state index is 12.6. The average molecular weight is 321 g/mol. The Morgan fingerprint density at radius 1 is 1.00 bits per heavy atom. The summed E-state index contributed by atoms with van der Waals surface area (Å²) in [6, 6.07) is 14.7. The van der Waals surface area contributed by atoms with Crippen molar-refractivity contribution in [2.45, 2.75) is 0 Å². The van der Waals surface area contributed by atoms with Crippen LogP contribution >= 0.6 is 0 Å². The molecule has 0 aliphatic rings. The fraction of sp³-hybridized carbons (Fsp3) is 0.158. The Morgan fingerprint density at radius 2 is 1.67 bits per heavy atom. The van der Waals surface area contributed by atoms with Gasteiger partial charge in [-0.1, -0.05) is 18.2 Å². The van der Waals surface area contributed by atoms with Crippen molar-refractivity contribution in [3.63, 3.8) is 0 Å². The number of anilines is 1. The van der Waals surface area contributed by atoms with Gasteiger partial charge in [0.1, 0.15) is 0 Å². The van der Waals surface area contributed by atoms with Crippen LogP contribution < -0.4 is 5.32 Å². The Balaban J connectivity index is 1.83. The first-order chi connectivity index (χ1) is 11.5. The summed E-state index contributed by atoms with van der Waals surface area (Å²) in [6.45, 7) is 0. The van der Waals surface area contributed by atoms with E-state index in [-0.39, 0.29) is 11.8 Å². The minimum absolute atomic E-state index is 0.0677. The van der Waals surface area contributed by atoms with E-state index in [4.69, 9.17) is 0 Å². The van der Waals surface area contributed by atoms with Gasteiger partial charge in [-0.05, 0) is 30.3 Å². The molecule has 2 amide bonds. The molecule has 0 radical (unpaired) electrons. The summed E-state index contributed by atoms with van der Waals surface area (Å²) < 4.78 is 1.93. The molecule has 0 spiro atoms. The third kappa shape index (κ3) is 2.88. The van der Waals surface area contributed by atoms with E-state index in [1.165, 1.54) is 4.90 Å². The van der Waals surface area contributed by atoms with Crippen LogP contribution in [0.25, 0.3) is 10.9 Å². The quantitative estimate of drug-likeness (QED) is 0.806. The summed E-state index contributed by atoms with van der Waals surface area (Å²) in [5.41, 5.74) is 2.88. The zero-order chi connectivity index (χ0) is 17.3. The molecule has 3 rings (SSSR count). The van der Waals surface area contributed by atoms with Gasteiger partial charge in [0.05, 0.1) is 5.56 Å². The normalized spacial score (nSPS) is 10.6.